The van der Waals surface area contributed by atoms with Gasteiger partial charge in [0.15, 0.2) is 5.88 Å². The molecule has 5 nitrogen and oxygen atoms in total. The minimum atomic E-state index is -0.0243. The molecule has 2 aromatic carbocycles. The fourth-order valence-electron chi connectivity index (χ4n) is 3.74. The normalized spacial score (nSPS) is 12.9. The lowest BCUT2D eigenvalue weighted by atomic mass is 9.95. The number of ether oxygens (including phenoxy) is 1. The lowest BCUT2D eigenvalue weighted by Gasteiger charge is -2.16. The highest BCUT2D eigenvalue weighted by atomic mass is 16.5. The molecule has 2 N–H and O–H groups in total. The van der Waals surface area contributed by atoms with Gasteiger partial charge < -0.3 is 15.2 Å². The van der Waals surface area contributed by atoms with E-state index >= 15 is 0 Å². The van der Waals surface area contributed by atoms with Crippen molar-refractivity contribution in [1.82, 2.24) is 15.3 Å². The number of fused-ring (bicyclic) bond motifs is 3. The predicted molar refractivity (Wildman–Crippen MR) is 133 cm³/mol. The van der Waals surface area contributed by atoms with E-state index in [9.17, 15) is 5.11 Å². The molecule has 0 saturated carbocycles. The number of nitrogens with zero attached hydrogens (tertiary/aromatic N) is 2. The second kappa shape index (κ2) is 10.4. The molecular weight excluding hydrogens is 398 g/mol. The van der Waals surface area contributed by atoms with Gasteiger partial charge in [-0.1, -0.05) is 51.6 Å². The molecule has 0 bridgehead atoms. The highest BCUT2D eigenvalue weighted by Crippen LogP contribution is 2.30. The summed E-state index contributed by atoms with van der Waals surface area (Å²) in [5, 5.41) is 15.7. The van der Waals surface area contributed by atoms with Crippen molar-refractivity contribution in [3.63, 3.8) is 0 Å². The maximum Gasteiger partial charge on any atom is 0.185 e. The molecule has 1 aromatic heterocycles. The number of aromatic nitrogens is 2. The Kier molecular flexibility index (Phi) is 7.65. The minimum Gasteiger partial charge on any atom is -0.447 e. The molecule has 0 radical (unpaired) electrons. The largest absolute Gasteiger partial charge is 0.447 e. The SMILES string of the molecule is C=C(NCC(C)C(=C)CO)O/C(C)=C\c1ncnc2c1ccc1cccc(CC(C)C)c12. The Balaban J connectivity index is 1.87. The monoisotopic (exact) mass is 431 g/mol. The molecule has 0 aliphatic carbocycles. The van der Waals surface area contributed by atoms with Gasteiger partial charge in [-0.25, -0.2) is 9.97 Å². The second-order valence-electron chi connectivity index (χ2n) is 8.71. The summed E-state index contributed by atoms with van der Waals surface area (Å²) >= 11 is 0. The van der Waals surface area contributed by atoms with Crippen LogP contribution in [0.4, 0.5) is 0 Å². The van der Waals surface area contributed by atoms with E-state index in [-0.39, 0.29) is 12.5 Å². The average molecular weight is 432 g/mol. The summed E-state index contributed by atoms with van der Waals surface area (Å²) in [6, 6.07) is 10.6. The summed E-state index contributed by atoms with van der Waals surface area (Å²) in [6.45, 7) is 16.7. The van der Waals surface area contributed by atoms with Gasteiger partial charge >= 0.3 is 0 Å². The average Bonchev–Trinajstić information content (AvgIpc) is 2.76. The molecule has 32 heavy (non-hydrogen) atoms. The summed E-state index contributed by atoms with van der Waals surface area (Å²) in [5.41, 5.74) is 3.85. The molecule has 0 amide bonds. The van der Waals surface area contributed by atoms with Crippen molar-refractivity contribution in [3.8, 4) is 0 Å². The van der Waals surface area contributed by atoms with Crippen LogP contribution in [0.15, 0.2) is 67.0 Å². The van der Waals surface area contributed by atoms with Crippen molar-refractivity contribution in [1.29, 1.82) is 0 Å². The predicted octanol–water partition coefficient (Wildman–Crippen LogP) is 5.60. The van der Waals surface area contributed by atoms with Gasteiger partial charge in [-0.05, 0) is 54.3 Å². The van der Waals surface area contributed by atoms with E-state index < -0.39 is 0 Å². The minimum absolute atomic E-state index is 0.0243. The maximum absolute atomic E-state index is 9.19. The zero-order valence-corrected chi connectivity index (χ0v) is 19.5. The first-order chi connectivity index (χ1) is 15.3. The van der Waals surface area contributed by atoms with Crippen LogP contribution in [0.5, 0.6) is 0 Å². The first-order valence-corrected chi connectivity index (χ1v) is 11.0. The molecule has 3 aromatic rings. The van der Waals surface area contributed by atoms with Gasteiger partial charge in [0.2, 0.25) is 0 Å². The third kappa shape index (κ3) is 5.54. The number of aliphatic hydroxyl groups is 1. The zero-order valence-electron chi connectivity index (χ0n) is 19.5. The number of allylic oxidation sites excluding steroid dienone is 1. The number of rotatable bonds is 10. The van der Waals surface area contributed by atoms with Crippen molar-refractivity contribution in [2.24, 2.45) is 11.8 Å². The second-order valence-corrected chi connectivity index (χ2v) is 8.71. The van der Waals surface area contributed by atoms with E-state index in [0.717, 1.165) is 28.6 Å². The highest BCUT2D eigenvalue weighted by Gasteiger charge is 2.12. The lowest BCUT2D eigenvalue weighted by Crippen LogP contribution is -2.23. The lowest BCUT2D eigenvalue weighted by molar-refractivity contribution is 0.273. The molecule has 0 saturated heterocycles. The molecule has 0 aliphatic rings. The maximum atomic E-state index is 9.19. The smallest absolute Gasteiger partial charge is 0.185 e. The number of hydrogen-bond acceptors (Lipinski definition) is 5. The quantitative estimate of drug-likeness (QED) is 0.248. The summed E-state index contributed by atoms with van der Waals surface area (Å²) in [4.78, 5) is 9.14. The Hall–Kier alpha value is -3.18. The Bertz CT molecular complexity index is 1160. The van der Waals surface area contributed by atoms with Crippen LogP contribution in [-0.2, 0) is 11.2 Å². The van der Waals surface area contributed by atoms with Crippen molar-refractivity contribution >= 4 is 27.8 Å². The number of benzene rings is 2. The number of hydrogen-bond donors (Lipinski definition) is 2. The van der Waals surface area contributed by atoms with E-state index in [1.54, 1.807) is 6.33 Å². The molecule has 0 fully saturated rings. The highest BCUT2D eigenvalue weighted by molar-refractivity contribution is 6.08. The van der Waals surface area contributed by atoms with Crippen LogP contribution in [0.1, 0.15) is 39.0 Å². The molecule has 0 aliphatic heterocycles. The van der Waals surface area contributed by atoms with Crippen LogP contribution in [0.2, 0.25) is 0 Å². The fraction of sp³-hybridized carbons (Fsp3) is 0.333. The molecule has 3 rings (SSSR count). The Morgan fingerprint density at radius 2 is 1.94 bits per heavy atom. The topological polar surface area (TPSA) is 67.3 Å². The Morgan fingerprint density at radius 3 is 2.66 bits per heavy atom. The summed E-state index contributed by atoms with van der Waals surface area (Å²) < 4.78 is 5.83. The molecule has 1 atom stereocenters. The molecule has 0 spiro atoms. The fourth-order valence-corrected chi connectivity index (χ4v) is 3.74. The molecular formula is C27H33N3O2. The van der Waals surface area contributed by atoms with Gasteiger partial charge in [0, 0.05) is 23.4 Å². The van der Waals surface area contributed by atoms with Crippen LogP contribution in [0.3, 0.4) is 0 Å². The van der Waals surface area contributed by atoms with Gasteiger partial charge in [-0.15, -0.1) is 0 Å². The molecule has 168 valence electrons. The summed E-state index contributed by atoms with van der Waals surface area (Å²) in [5.74, 6) is 1.79. The van der Waals surface area contributed by atoms with Gasteiger partial charge in [0.05, 0.1) is 17.8 Å². The molecule has 1 heterocycles. The third-order valence-corrected chi connectivity index (χ3v) is 5.52. The molecule has 1 unspecified atom stereocenters. The van der Waals surface area contributed by atoms with E-state index in [1.807, 2.05) is 19.9 Å². The number of nitrogens with one attached hydrogen (secondary N) is 1. The van der Waals surface area contributed by atoms with Crippen LogP contribution >= 0.6 is 0 Å². The van der Waals surface area contributed by atoms with Crippen molar-refractivity contribution < 1.29 is 9.84 Å². The summed E-state index contributed by atoms with van der Waals surface area (Å²) in [6.07, 6.45) is 4.52. The van der Waals surface area contributed by atoms with Crippen LogP contribution in [0, 0.1) is 11.8 Å². The van der Waals surface area contributed by atoms with E-state index in [1.165, 1.54) is 16.3 Å². The van der Waals surface area contributed by atoms with Gasteiger partial charge in [0.25, 0.3) is 0 Å². The first-order valence-electron chi connectivity index (χ1n) is 11.0. The van der Waals surface area contributed by atoms with E-state index in [2.05, 4.69) is 72.6 Å². The van der Waals surface area contributed by atoms with E-state index in [0.29, 0.717) is 24.1 Å². The van der Waals surface area contributed by atoms with Crippen LogP contribution < -0.4 is 5.32 Å². The third-order valence-electron chi connectivity index (χ3n) is 5.52. The standard InChI is InChI=1S/C27H33N3O2/c1-17(2)12-23-9-7-8-22-10-11-24-25(29-16-30-27(24)26(22)23)13-20(5)32-21(6)28-14-18(3)19(4)15-31/h7-11,13,16-18,28,31H,4,6,12,14-15H2,1-3,5H3/b20-13-. The van der Waals surface area contributed by atoms with E-state index in [4.69, 9.17) is 4.74 Å². The van der Waals surface area contributed by atoms with Crippen LogP contribution in [-0.4, -0.2) is 28.2 Å². The van der Waals surface area contributed by atoms with Crippen molar-refractivity contribution in [2.75, 3.05) is 13.2 Å². The van der Waals surface area contributed by atoms with Crippen molar-refractivity contribution in [2.45, 2.75) is 34.1 Å². The van der Waals surface area contributed by atoms with Gasteiger partial charge in [0.1, 0.15) is 12.1 Å². The Morgan fingerprint density at radius 1 is 1.16 bits per heavy atom. The van der Waals surface area contributed by atoms with Crippen LogP contribution in [0.25, 0.3) is 27.8 Å². The van der Waals surface area contributed by atoms with Gasteiger partial charge in [-0.3, -0.25) is 0 Å². The number of aliphatic hydroxyl groups excluding tert-OH is 1. The summed E-state index contributed by atoms with van der Waals surface area (Å²) in [7, 11) is 0. The first kappa shape index (κ1) is 23.5. The van der Waals surface area contributed by atoms with Crippen molar-refractivity contribution in [3.05, 3.63) is 78.3 Å². The Labute approximate surface area is 190 Å². The van der Waals surface area contributed by atoms with Gasteiger partial charge in [-0.2, -0.15) is 0 Å². The zero-order chi connectivity index (χ0) is 23.3. The molecule has 5 heteroatoms.